The lowest BCUT2D eigenvalue weighted by molar-refractivity contribution is -0.129. The van der Waals surface area contributed by atoms with Crippen molar-refractivity contribution in [2.24, 2.45) is 0 Å². The molecule has 0 radical (unpaired) electrons. The van der Waals surface area contributed by atoms with E-state index in [0.29, 0.717) is 18.0 Å². The summed E-state index contributed by atoms with van der Waals surface area (Å²) in [5.74, 6) is -1.32. The summed E-state index contributed by atoms with van der Waals surface area (Å²) < 4.78 is 0.894. The van der Waals surface area contributed by atoms with E-state index in [9.17, 15) is 14.7 Å². The molecule has 6 heteroatoms. The number of aliphatic hydroxyl groups excluding tert-OH is 1. The standard InChI is InChI=1S/C20H17BrClNO3/c1-12(24)17-18(14-6-8-15(21)9-7-14)23(20(26)19(17)25)11-10-13-4-2-3-5-16(13)22/h2-9,18,25H,10-11H2,1H3. The molecule has 1 aliphatic rings. The average Bonchev–Trinajstić information content (AvgIpc) is 2.86. The Balaban J connectivity index is 1.94. The van der Waals surface area contributed by atoms with E-state index in [2.05, 4.69) is 15.9 Å². The fourth-order valence-corrected chi connectivity index (χ4v) is 3.67. The molecular weight excluding hydrogens is 418 g/mol. The molecule has 1 heterocycles. The summed E-state index contributed by atoms with van der Waals surface area (Å²) in [6.07, 6.45) is 0.525. The van der Waals surface area contributed by atoms with E-state index in [1.807, 2.05) is 42.5 Å². The zero-order valence-corrected chi connectivity index (χ0v) is 16.4. The van der Waals surface area contributed by atoms with Crippen molar-refractivity contribution >= 4 is 39.2 Å². The number of carbonyl (C=O) groups is 2. The number of nitrogens with zero attached hydrogens (tertiary/aromatic N) is 1. The first-order valence-corrected chi connectivity index (χ1v) is 9.31. The maximum absolute atomic E-state index is 12.6. The van der Waals surface area contributed by atoms with Crippen LogP contribution in [-0.2, 0) is 16.0 Å². The highest BCUT2D eigenvalue weighted by atomic mass is 79.9. The first kappa shape index (κ1) is 18.7. The first-order valence-electron chi connectivity index (χ1n) is 8.14. The molecule has 1 aliphatic heterocycles. The molecule has 0 aromatic heterocycles. The fraction of sp³-hybridized carbons (Fsp3) is 0.200. The van der Waals surface area contributed by atoms with Crippen LogP contribution in [0.2, 0.25) is 5.02 Å². The van der Waals surface area contributed by atoms with Gasteiger partial charge >= 0.3 is 0 Å². The molecule has 2 aromatic carbocycles. The topological polar surface area (TPSA) is 57.6 Å². The lowest BCUT2D eigenvalue weighted by Gasteiger charge is -2.27. The first-order chi connectivity index (χ1) is 12.4. The molecule has 0 saturated carbocycles. The maximum Gasteiger partial charge on any atom is 0.290 e. The van der Waals surface area contributed by atoms with Crippen molar-refractivity contribution in [3.63, 3.8) is 0 Å². The SMILES string of the molecule is CC(=O)C1=C(O)C(=O)N(CCc2ccccc2Cl)C1c1ccc(Br)cc1. The Bertz CT molecular complexity index is 892. The van der Waals surface area contributed by atoms with Crippen LogP contribution in [0.15, 0.2) is 64.3 Å². The summed E-state index contributed by atoms with van der Waals surface area (Å²) in [7, 11) is 0. The number of hydrogen-bond donors (Lipinski definition) is 1. The number of aliphatic hydroxyl groups is 1. The van der Waals surface area contributed by atoms with Gasteiger partial charge in [-0.2, -0.15) is 0 Å². The molecule has 134 valence electrons. The largest absolute Gasteiger partial charge is 0.503 e. The zero-order chi connectivity index (χ0) is 18.8. The third-order valence-electron chi connectivity index (χ3n) is 4.45. The Morgan fingerprint density at radius 1 is 1.19 bits per heavy atom. The van der Waals surface area contributed by atoms with Crippen molar-refractivity contribution in [2.75, 3.05) is 6.54 Å². The van der Waals surface area contributed by atoms with Gasteiger partial charge in [-0.1, -0.05) is 57.9 Å². The van der Waals surface area contributed by atoms with Crippen molar-refractivity contribution in [1.82, 2.24) is 4.90 Å². The van der Waals surface area contributed by atoms with Gasteiger partial charge in [-0.25, -0.2) is 0 Å². The van der Waals surface area contributed by atoms with Gasteiger partial charge in [0.1, 0.15) is 0 Å². The van der Waals surface area contributed by atoms with Gasteiger partial charge in [-0.15, -0.1) is 0 Å². The minimum absolute atomic E-state index is 0.136. The number of Topliss-reactive ketones (excluding diaryl/α,β-unsaturated/α-hetero) is 1. The molecule has 4 nitrogen and oxygen atoms in total. The molecule has 3 rings (SSSR count). The molecule has 1 unspecified atom stereocenters. The van der Waals surface area contributed by atoms with E-state index in [0.717, 1.165) is 15.6 Å². The lowest BCUT2D eigenvalue weighted by Crippen LogP contribution is -2.33. The third-order valence-corrected chi connectivity index (χ3v) is 5.35. The second-order valence-corrected chi connectivity index (χ2v) is 7.44. The van der Waals surface area contributed by atoms with E-state index < -0.39 is 17.7 Å². The van der Waals surface area contributed by atoms with E-state index in [1.54, 1.807) is 6.07 Å². The lowest BCUT2D eigenvalue weighted by atomic mass is 9.96. The molecule has 1 atom stereocenters. The van der Waals surface area contributed by atoms with Gasteiger partial charge in [-0.3, -0.25) is 9.59 Å². The van der Waals surface area contributed by atoms with Crippen LogP contribution in [-0.4, -0.2) is 28.2 Å². The van der Waals surface area contributed by atoms with Crippen molar-refractivity contribution in [2.45, 2.75) is 19.4 Å². The predicted molar refractivity (Wildman–Crippen MR) is 104 cm³/mol. The minimum Gasteiger partial charge on any atom is -0.503 e. The highest BCUT2D eigenvalue weighted by Crippen LogP contribution is 2.38. The average molecular weight is 435 g/mol. The smallest absolute Gasteiger partial charge is 0.290 e. The number of amides is 1. The van der Waals surface area contributed by atoms with Crippen LogP contribution in [0.25, 0.3) is 0 Å². The fourth-order valence-electron chi connectivity index (χ4n) is 3.18. The van der Waals surface area contributed by atoms with E-state index >= 15 is 0 Å². The number of ketones is 1. The van der Waals surface area contributed by atoms with Crippen LogP contribution in [0, 0.1) is 0 Å². The molecule has 1 amide bonds. The van der Waals surface area contributed by atoms with Crippen LogP contribution in [0.5, 0.6) is 0 Å². The number of hydrogen-bond acceptors (Lipinski definition) is 3. The maximum atomic E-state index is 12.6. The van der Waals surface area contributed by atoms with Gasteiger partial charge in [0, 0.05) is 16.0 Å². The molecular formula is C20H17BrClNO3. The summed E-state index contributed by atoms with van der Waals surface area (Å²) in [5, 5.41) is 10.9. The molecule has 0 aliphatic carbocycles. The van der Waals surface area contributed by atoms with E-state index in [1.165, 1.54) is 11.8 Å². The van der Waals surface area contributed by atoms with Gasteiger partial charge in [0.25, 0.3) is 5.91 Å². The second-order valence-electron chi connectivity index (χ2n) is 6.11. The number of benzene rings is 2. The molecule has 2 aromatic rings. The number of rotatable bonds is 5. The molecule has 0 bridgehead atoms. The normalized spacial score (nSPS) is 17.1. The highest BCUT2D eigenvalue weighted by molar-refractivity contribution is 9.10. The van der Waals surface area contributed by atoms with Gasteiger partial charge in [-0.05, 0) is 42.7 Å². The summed E-state index contributed by atoms with van der Waals surface area (Å²) in [6.45, 7) is 1.70. The summed E-state index contributed by atoms with van der Waals surface area (Å²) in [6, 6.07) is 14.2. The summed E-state index contributed by atoms with van der Waals surface area (Å²) in [5.41, 5.74) is 1.82. The van der Waals surface area contributed by atoms with Gasteiger partial charge in [0.15, 0.2) is 11.5 Å². The van der Waals surface area contributed by atoms with Crippen molar-refractivity contribution in [3.8, 4) is 0 Å². The summed E-state index contributed by atoms with van der Waals surface area (Å²) in [4.78, 5) is 26.2. The molecule has 0 spiro atoms. The van der Waals surface area contributed by atoms with Crippen molar-refractivity contribution < 1.29 is 14.7 Å². The third kappa shape index (κ3) is 3.55. The van der Waals surface area contributed by atoms with Crippen LogP contribution >= 0.6 is 27.5 Å². The van der Waals surface area contributed by atoms with Crippen LogP contribution in [0.1, 0.15) is 24.1 Å². The van der Waals surface area contributed by atoms with Crippen molar-refractivity contribution in [1.29, 1.82) is 0 Å². The predicted octanol–water partition coefficient (Wildman–Crippen LogP) is 4.63. The van der Waals surface area contributed by atoms with Crippen LogP contribution < -0.4 is 0 Å². The van der Waals surface area contributed by atoms with Crippen molar-refractivity contribution in [3.05, 3.63) is 80.5 Å². The van der Waals surface area contributed by atoms with Gasteiger partial charge < -0.3 is 10.0 Å². The Kier molecular flexibility index (Phi) is 5.49. The number of carbonyl (C=O) groups excluding carboxylic acids is 2. The Hall–Kier alpha value is -2.11. The van der Waals surface area contributed by atoms with Crippen LogP contribution in [0.4, 0.5) is 0 Å². The Morgan fingerprint density at radius 2 is 1.85 bits per heavy atom. The summed E-state index contributed by atoms with van der Waals surface area (Å²) >= 11 is 9.58. The monoisotopic (exact) mass is 433 g/mol. The van der Waals surface area contributed by atoms with E-state index in [-0.39, 0.29) is 11.4 Å². The minimum atomic E-state index is -0.601. The second kappa shape index (κ2) is 7.64. The van der Waals surface area contributed by atoms with Crippen LogP contribution in [0.3, 0.4) is 0 Å². The molecule has 26 heavy (non-hydrogen) atoms. The van der Waals surface area contributed by atoms with E-state index in [4.69, 9.17) is 11.6 Å². The number of halogens is 2. The molecule has 0 fully saturated rings. The Labute approximate surface area is 165 Å². The molecule has 0 saturated heterocycles. The Morgan fingerprint density at radius 3 is 2.46 bits per heavy atom. The molecule has 1 N–H and O–H groups in total. The highest BCUT2D eigenvalue weighted by Gasteiger charge is 2.42. The quantitative estimate of drug-likeness (QED) is 0.746. The van der Waals surface area contributed by atoms with Gasteiger partial charge in [0.05, 0.1) is 11.6 Å². The zero-order valence-electron chi connectivity index (χ0n) is 14.1. The van der Waals surface area contributed by atoms with Gasteiger partial charge in [0.2, 0.25) is 0 Å².